The zero-order valence-corrected chi connectivity index (χ0v) is 14.1. The molecular weight excluding hydrogens is 264 g/mol. The van der Waals surface area contributed by atoms with Gasteiger partial charge in [0.1, 0.15) is 0 Å². The molecule has 2 nitrogen and oxygen atoms in total. The van der Waals surface area contributed by atoms with E-state index in [2.05, 4.69) is 67.9 Å². The van der Waals surface area contributed by atoms with Crippen molar-refractivity contribution in [1.82, 2.24) is 5.32 Å². The molecule has 1 heterocycles. The molecule has 0 bridgehead atoms. The van der Waals surface area contributed by atoms with E-state index < -0.39 is 0 Å². The number of aryl methyl sites for hydroxylation is 1. The fourth-order valence-corrected chi connectivity index (χ4v) is 3.91. The van der Waals surface area contributed by atoms with Crippen molar-refractivity contribution in [2.24, 2.45) is 0 Å². The molecule has 1 saturated heterocycles. The van der Waals surface area contributed by atoms with Crippen LogP contribution in [0.25, 0.3) is 0 Å². The van der Waals surface area contributed by atoms with Gasteiger partial charge in [0.15, 0.2) is 0 Å². The van der Waals surface area contributed by atoms with E-state index in [1.807, 2.05) is 0 Å². The molecule has 3 heteroatoms. The van der Waals surface area contributed by atoms with Crippen molar-refractivity contribution in [2.45, 2.75) is 52.0 Å². The quantitative estimate of drug-likeness (QED) is 0.831. The van der Waals surface area contributed by atoms with Crippen LogP contribution in [0, 0.1) is 6.92 Å². The summed E-state index contributed by atoms with van der Waals surface area (Å²) in [5, 5.41) is 4.26. The Kier molecular flexibility index (Phi) is 5.79. The number of benzene rings is 1. The predicted octanol–water partition coefficient (Wildman–Crippen LogP) is 3.82. The lowest BCUT2D eigenvalue weighted by molar-refractivity contribution is 0.618. The molecule has 1 aromatic rings. The summed E-state index contributed by atoms with van der Waals surface area (Å²) < 4.78 is 0. The van der Waals surface area contributed by atoms with Gasteiger partial charge in [-0.25, -0.2) is 0 Å². The minimum Gasteiger partial charge on any atom is -0.367 e. The molecule has 20 heavy (non-hydrogen) atoms. The van der Waals surface area contributed by atoms with E-state index in [-0.39, 0.29) is 0 Å². The summed E-state index contributed by atoms with van der Waals surface area (Å²) in [6.07, 6.45) is 1.19. The van der Waals surface area contributed by atoms with Crippen molar-refractivity contribution in [3.8, 4) is 0 Å². The molecule has 1 aliphatic heterocycles. The number of anilines is 1. The summed E-state index contributed by atoms with van der Waals surface area (Å²) in [6, 6.07) is 7.52. The van der Waals surface area contributed by atoms with E-state index >= 15 is 0 Å². The first-order chi connectivity index (χ1) is 9.63. The summed E-state index contributed by atoms with van der Waals surface area (Å²) in [6.45, 7) is 12.4. The van der Waals surface area contributed by atoms with Crippen LogP contribution in [0.15, 0.2) is 18.2 Å². The van der Waals surface area contributed by atoms with E-state index in [0.29, 0.717) is 11.3 Å². The number of rotatable bonds is 5. The lowest BCUT2D eigenvalue weighted by Gasteiger charge is -2.40. The molecular formula is C17H28N2S. The first-order valence-electron chi connectivity index (χ1n) is 7.82. The molecule has 1 aromatic carbocycles. The number of thioether (sulfide) groups is 1. The van der Waals surface area contributed by atoms with Gasteiger partial charge in [0.05, 0.1) is 0 Å². The number of nitrogens with one attached hydrogen (secondary N) is 1. The van der Waals surface area contributed by atoms with Crippen molar-refractivity contribution in [3.63, 3.8) is 0 Å². The van der Waals surface area contributed by atoms with Gasteiger partial charge in [-0.2, -0.15) is 11.8 Å². The van der Waals surface area contributed by atoms with Gasteiger partial charge in [0.25, 0.3) is 0 Å². The molecule has 0 aromatic heterocycles. The Morgan fingerprint density at radius 1 is 1.35 bits per heavy atom. The zero-order chi connectivity index (χ0) is 14.5. The molecule has 1 N–H and O–H groups in total. The Morgan fingerprint density at radius 2 is 2.15 bits per heavy atom. The number of hydrogen-bond acceptors (Lipinski definition) is 3. The smallest absolute Gasteiger partial charge is 0.0415 e. The summed E-state index contributed by atoms with van der Waals surface area (Å²) in [4.78, 5) is 2.60. The molecule has 112 valence electrons. The summed E-state index contributed by atoms with van der Waals surface area (Å²) in [5.74, 6) is 1.24. The Hall–Kier alpha value is -0.670. The van der Waals surface area contributed by atoms with Crippen LogP contribution in [0.4, 0.5) is 5.69 Å². The third-order valence-corrected chi connectivity index (χ3v) is 5.51. The second-order valence-electron chi connectivity index (χ2n) is 5.82. The molecule has 1 fully saturated rings. The third-order valence-electron chi connectivity index (χ3n) is 4.17. The molecule has 2 unspecified atom stereocenters. The largest absolute Gasteiger partial charge is 0.367 e. The average Bonchev–Trinajstić information content (AvgIpc) is 2.43. The van der Waals surface area contributed by atoms with Gasteiger partial charge in [-0.3, -0.25) is 0 Å². The Bertz CT molecular complexity index is 433. The Labute approximate surface area is 128 Å². The van der Waals surface area contributed by atoms with Crippen LogP contribution in [0.1, 0.15) is 38.3 Å². The standard InChI is InChI=1S/C17H28N2S/c1-5-8-18-12-16-11-13(2)6-7-17(16)19-9-10-20-15(4)14(19)3/h6-7,11,14-15,18H,5,8-10,12H2,1-4H3. The van der Waals surface area contributed by atoms with Gasteiger partial charge in [0, 0.05) is 35.8 Å². The van der Waals surface area contributed by atoms with E-state index in [1.165, 1.54) is 35.5 Å². The average molecular weight is 292 g/mol. The molecule has 0 amide bonds. The maximum absolute atomic E-state index is 3.55. The number of nitrogens with zero attached hydrogens (tertiary/aromatic N) is 1. The number of hydrogen-bond donors (Lipinski definition) is 1. The van der Waals surface area contributed by atoms with Crippen molar-refractivity contribution in [2.75, 3.05) is 23.7 Å². The van der Waals surface area contributed by atoms with Crippen LogP contribution in [0.5, 0.6) is 0 Å². The van der Waals surface area contributed by atoms with Gasteiger partial charge >= 0.3 is 0 Å². The van der Waals surface area contributed by atoms with Gasteiger partial charge in [-0.05, 0) is 38.4 Å². The zero-order valence-electron chi connectivity index (χ0n) is 13.3. The molecule has 0 saturated carbocycles. The van der Waals surface area contributed by atoms with Gasteiger partial charge < -0.3 is 10.2 Å². The molecule has 2 atom stereocenters. The SMILES string of the molecule is CCCNCc1cc(C)ccc1N1CCSC(C)C1C. The molecule has 0 aliphatic carbocycles. The lowest BCUT2D eigenvalue weighted by atomic mass is 10.1. The van der Waals surface area contributed by atoms with Crippen LogP contribution >= 0.6 is 11.8 Å². The minimum absolute atomic E-state index is 0.612. The predicted molar refractivity (Wildman–Crippen MR) is 91.9 cm³/mol. The molecule has 1 aliphatic rings. The van der Waals surface area contributed by atoms with Crippen LogP contribution in [0.2, 0.25) is 0 Å². The summed E-state index contributed by atoms with van der Waals surface area (Å²) >= 11 is 2.10. The highest BCUT2D eigenvalue weighted by molar-refractivity contribution is 8.00. The van der Waals surface area contributed by atoms with Gasteiger partial charge in [-0.1, -0.05) is 31.5 Å². The molecule has 0 spiro atoms. The molecule has 0 radical (unpaired) electrons. The maximum Gasteiger partial charge on any atom is 0.0415 e. The van der Waals surface area contributed by atoms with Crippen molar-refractivity contribution in [3.05, 3.63) is 29.3 Å². The summed E-state index contributed by atoms with van der Waals surface area (Å²) in [5.41, 5.74) is 4.23. The first kappa shape index (κ1) is 15.7. The van der Waals surface area contributed by atoms with Crippen LogP contribution < -0.4 is 10.2 Å². The summed E-state index contributed by atoms with van der Waals surface area (Å²) in [7, 11) is 0. The fraction of sp³-hybridized carbons (Fsp3) is 0.647. The van der Waals surface area contributed by atoms with Crippen molar-refractivity contribution >= 4 is 17.4 Å². The monoisotopic (exact) mass is 292 g/mol. The highest BCUT2D eigenvalue weighted by Crippen LogP contribution is 2.31. The van der Waals surface area contributed by atoms with Crippen molar-refractivity contribution in [1.29, 1.82) is 0 Å². The van der Waals surface area contributed by atoms with Crippen LogP contribution in [0.3, 0.4) is 0 Å². The second kappa shape index (κ2) is 7.37. The van der Waals surface area contributed by atoms with Crippen molar-refractivity contribution < 1.29 is 0 Å². The van der Waals surface area contributed by atoms with Gasteiger partial charge in [-0.15, -0.1) is 0 Å². The third kappa shape index (κ3) is 3.70. The first-order valence-corrected chi connectivity index (χ1v) is 8.87. The fourth-order valence-electron chi connectivity index (χ4n) is 2.81. The lowest BCUT2D eigenvalue weighted by Crippen LogP contribution is -2.45. The minimum atomic E-state index is 0.612. The van der Waals surface area contributed by atoms with Gasteiger partial charge in [0.2, 0.25) is 0 Å². The van der Waals surface area contributed by atoms with Crippen LogP contribution in [-0.4, -0.2) is 30.1 Å². The van der Waals surface area contributed by atoms with Crippen LogP contribution in [-0.2, 0) is 6.54 Å². The second-order valence-corrected chi connectivity index (χ2v) is 7.30. The Balaban J connectivity index is 2.20. The molecule has 2 rings (SSSR count). The van der Waals surface area contributed by atoms with E-state index in [4.69, 9.17) is 0 Å². The highest BCUT2D eigenvalue weighted by Gasteiger charge is 2.26. The Morgan fingerprint density at radius 3 is 2.90 bits per heavy atom. The topological polar surface area (TPSA) is 15.3 Å². The van der Waals surface area contributed by atoms with E-state index in [9.17, 15) is 0 Å². The highest BCUT2D eigenvalue weighted by atomic mass is 32.2. The van der Waals surface area contributed by atoms with E-state index in [1.54, 1.807) is 0 Å². The maximum atomic E-state index is 3.55. The normalized spacial score (nSPS) is 23.1. The van der Waals surface area contributed by atoms with E-state index in [0.717, 1.165) is 13.1 Å².